The lowest BCUT2D eigenvalue weighted by molar-refractivity contribution is 0.0526. The van der Waals surface area contributed by atoms with Crippen LogP contribution in [0.3, 0.4) is 0 Å². The summed E-state index contributed by atoms with van der Waals surface area (Å²) in [4.78, 5) is 18.7. The van der Waals surface area contributed by atoms with Gasteiger partial charge in [0.15, 0.2) is 0 Å². The third-order valence-electron chi connectivity index (χ3n) is 1.86. The highest BCUT2D eigenvalue weighted by molar-refractivity contribution is 7.71. The second kappa shape index (κ2) is 5.60. The molecular formula is C10H15N3O2S. The zero-order valence-electron chi connectivity index (χ0n) is 9.59. The van der Waals surface area contributed by atoms with Crippen LogP contribution in [0.2, 0.25) is 0 Å². The van der Waals surface area contributed by atoms with Crippen molar-refractivity contribution in [1.82, 2.24) is 9.97 Å². The number of nitrogens with one attached hydrogen (secondary N) is 2. The summed E-state index contributed by atoms with van der Waals surface area (Å²) in [7, 11) is 0. The third-order valence-corrected chi connectivity index (χ3v) is 2.17. The Balaban J connectivity index is 3.23. The topological polar surface area (TPSA) is 67.0 Å². The molecule has 0 aliphatic rings. The predicted octanol–water partition coefficient (Wildman–Crippen LogP) is 2.06. The molecule has 0 unspecified atom stereocenters. The number of ether oxygens (including phenoxy) is 1. The molecule has 2 N–H and O–H groups in total. The molecule has 16 heavy (non-hydrogen) atoms. The van der Waals surface area contributed by atoms with Gasteiger partial charge in [-0.25, -0.2) is 9.78 Å². The maximum Gasteiger partial charge on any atom is 0.344 e. The Morgan fingerprint density at radius 2 is 2.25 bits per heavy atom. The molecule has 1 aromatic heterocycles. The van der Waals surface area contributed by atoms with Crippen molar-refractivity contribution >= 4 is 24.0 Å². The van der Waals surface area contributed by atoms with E-state index in [0.29, 0.717) is 35.0 Å². The van der Waals surface area contributed by atoms with E-state index in [1.807, 2.05) is 6.92 Å². The van der Waals surface area contributed by atoms with Crippen molar-refractivity contribution in [2.45, 2.75) is 20.8 Å². The number of anilines is 1. The Labute approximate surface area is 99.2 Å². The molecule has 0 saturated carbocycles. The van der Waals surface area contributed by atoms with Crippen LogP contribution in [-0.2, 0) is 4.74 Å². The molecular weight excluding hydrogens is 226 g/mol. The van der Waals surface area contributed by atoms with Gasteiger partial charge in [0.05, 0.1) is 6.61 Å². The molecule has 0 radical (unpaired) electrons. The molecule has 0 amide bonds. The summed E-state index contributed by atoms with van der Waals surface area (Å²) in [5, 5.41) is 3.00. The lowest BCUT2D eigenvalue weighted by atomic mass is 10.3. The van der Waals surface area contributed by atoms with Crippen LogP contribution in [0.15, 0.2) is 0 Å². The first kappa shape index (κ1) is 12.6. The van der Waals surface area contributed by atoms with Crippen LogP contribution >= 0.6 is 12.2 Å². The second-order valence-corrected chi connectivity index (χ2v) is 3.53. The highest BCUT2D eigenvalue weighted by Crippen LogP contribution is 2.14. The molecule has 88 valence electrons. The summed E-state index contributed by atoms with van der Waals surface area (Å²) in [6, 6.07) is 0. The number of nitrogens with zero attached hydrogens (tertiary/aromatic N) is 1. The normalized spacial score (nSPS) is 9.94. The molecule has 0 atom stereocenters. The van der Waals surface area contributed by atoms with Crippen molar-refractivity contribution in [2.24, 2.45) is 0 Å². The average Bonchev–Trinajstić information content (AvgIpc) is 2.17. The molecule has 0 spiro atoms. The number of H-pyrrole nitrogens is 1. The Kier molecular flexibility index (Phi) is 4.42. The van der Waals surface area contributed by atoms with Crippen LogP contribution in [0.25, 0.3) is 0 Å². The van der Waals surface area contributed by atoms with Crippen molar-refractivity contribution in [2.75, 3.05) is 18.5 Å². The van der Waals surface area contributed by atoms with Crippen LogP contribution in [0.1, 0.15) is 30.0 Å². The van der Waals surface area contributed by atoms with Gasteiger partial charge in [0.2, 0.25) is 0 Å². The van der Waals surface area contributed by atoms with E-state index < -0.39 is 5.97 Å². The van der Waals surface area contributed by atoms with E-state index in [4.69, 9.17) is 17.0 Å². The minimum Gasteiger partial charge on any atom is -0.462 e. The highest BCUT2D eigenvalue weighted by Gasteiger charge is 2.16. The first-order valence-electron chi connectivity index (χ1n) is 5.12. The predicted molar refractivity (Wildman–Crippen MR) is 64.3 cm³/mol. The second-order valence-electron chi connectivity index (χ2n) is 3.13. The summed E-state index contributed by atoms with van der Waals surface area (Å²) in [6.07, 6.45) is 0. The van der Waals surface area contributed by atoms with Gasteiger partial charge in [-0.2, -0.15) is 0 Å². The van der Waals surface area contributed by atoms with Gasteiger partial charge in [0, 0.05) is 6.54 Å². The van der Waals surface area contributed by atoms with Crippen molar-refractivity contribution in [3.05, 3.63) is 16.0 Å². The number of hydrogen-bond donors (Lipinski definition) is 2. The van der Waals surface area contributed by atoms with E-state index in [2.05, 4.69) is 15.3 Å². The Hall–Kier alpha value is -1.43. The monoisotopic (exact) mass is 241 g/mol. The molecule has 6 heteroatoms. The summed E-state index contributed by atoms with van der Waals surface area (Å²) in [6.45, 7) is 6.43. The van der Waals surface area contributed by atoms with Gasteiger partial charge in [-0.15, -0.1) is 0 Å². The maximum absolute atomic E-state index is 11.7. The van der Waals surface area contributed by atoms with Gasteiger partial charge in [0.25, 0.3) is 0 Å². The van der Waals surface area contributed by atoms with Crippen LogP contribution < -0.4 is 5.32 Å². The molecule has 0 saturated heterocycles. The van der Waals surface area contributed by atoms with Gasteiger partial charge < -0.3 is 15.0 Å². The zero-order chi connectivity index (χ0) is 12.1. The molecule has 1 rings (SSSR count). The quantitative estimate of drug-likeness (QED) is 0.624. The largest absolute Gasteiger partial charge is 0.462 e. The van der Waals surface area contributed by atoms with E-state index in [1.165, 1.54) is 0 Å². The van der Waals surface area contributed by atoms with Crippen LogP contribution in [0.4, 0.5) is 5.82 Å². The van der Waals surface area contributed by atoms with Gasteiger partial charge in [-0.1, -0.05) is 12.2 Å². The number of esters is 1. The van der Waals surface area contributed by atoms with E-state index in [1.54, 1.807) is 13.8 Å². The number of carbonyl (C=O) groups is 1. The number of hydrogen-bond acceptors (Lipinski definition) is 5. The van der Waals surface area contributed by atoms with E-state index in [0.717, 1.165) is 0 Å². The number of carbonyl (C=O) groups excluding carboxylic acids is 1. The van der Waals surface area contributed by atoms with Crippen molar-refractivity contribution in [3.63, 3.8) is 0 Å². The smallest absolute Gasteiger partial charge is 0.344 e. The van der Waals surface area contributed by atoms with Crippen LogP contribution in [0, 0.1) is 11.6 Å². The third kappa shape index (κ3) is 2.79. The molecule has 0 aromatic carbocycles. The lowest BCUT2D eigenvalue weighted by Gasteiger charge is -2.09. The Bertz CT molecular complexity index is 442. The Morgan fingerprint density at radius 1 is 1.56 bits per heavy atom. The number of aromatic amines is 1. The maximum atomic E-state index is 11.7. The van der Waals surface area contributed by atoms with E-state index >= 15 is 0 Å². The van der Waals surface area contributed by atoms with Crippen LogP contribution in [0.5, 0.6) is 0 Å². The molecule has 0 aliphatic carbocycles. The fraction of sp³-hybridized carbons (Fsp3) is 0.500. The molecule has 0 bridgehead atoms. The van der Waals surface area contributed by atoms with Crippen molar-refractivity contribution in [3.8, 4) is 0 Å². The molecule has 5 nitrogen and oxygen atoms in total. The van der Waals surface area contributed by atoms with Gasteiger partial charge in [0.1, 0.15) is 21.8 Å². The molecule has 1 heterocycles. The summed E-state index contributed by atoms with van der Waals surface area (Å²) in [5.74, 6) is 0.684. The van der Waals surface area contributed by atoms with Crippen molar-refractivity contribution in [1.29, 1.82) is 0 Å². The van der Waals surface area contributed by atoms with Gasteiger partial charge >= 0.3 is 5.97 Å². The standard InChI is InChI=1S/C10H15N3O2S/c1-4-11-8-7(10(14)15-5-2)9(16)13-6(3)12-8/h4-5H2,1-3H3,(H2,11,12,13,16). The van der Waals surface area contributed by atoms with Gasteiger partial charge in [-0.3, -0.25) is 0 Å². The molecule has 0 aliphatic heterocycles. The number of rotatable bonds is 4. The summed E-state index contributed by atoms with van der Waals surface area (Å²) in [5.41, 5.74) is 0.296. The van der Waals surface area contributed by atoms with Crippen molar-refractivity contribution < 1.29 is 9.53 Å². The zero-order valence-corrected chi connectivity index (χ0v) is 10.4. The summed E-state index contributed by atoms with van der Waals surface area (Å²) >= 11 is 5.10. The fourth-order valence-corrected chi connectivity index (χ4v) is 1.60. The SMILES string of the molecule is CCNc1nc(C)[nH]c(=S)c1C(=O)OCC. The Morgan fingerprint density at radius 3 is 2.81 bits per heavy atom. The first-order chi connectivity index (χ1) is 7.60. The molecule has 0 fully saturated rings. The minimum absolute atomic E-state index is 0.296. The highest BCUT2D eigenvalue weighted by atomic mass is 32.1. The lowest BCUT2D eigenvalue weighted by Crippen LogP contribution is -2.13. The minimum atomic E-state index is -0.452. The number of aryl methyl sites for hydroxylation is 1. The van der Waals surface area contributed by atoms with Gasteiger partial charge in [-0.05, 0) is 20.8 Å². The summed E-state index contributed by atoms with van der Waals surface area (Å²) < 4.78 is 5.28. The van der Waals surface area contributed by atoms with E-state index in [-0.39, 0.29) is 0 Å². The first-order valence-corrected chi connectivity index (χ1v) is 5.52. The average molecular weight is 241 g/mol. The van der Waals surface area contributed by atoms with E-state index in [9.17, 15) is 4.79 Å². The van der Waals surface area contributed by atoms with Crippen LogP contribution in [-0.4, -0.2) is 29.1 Å². The number of aromatic nitrogens is 2. The molecule has 1 aromatic rings. The fourth-order valence-electron chi connectivity index (χ4n) is 1.27.